The first-order chi connectivity index (χ1) is 13.4. The molecule has 1 saturated heterocycles. The molecule has 2 nitrogen and oxygen atoms in total. The predicted molar refractivity (Wildman–Crippen MR) is 121 cm³/mol. The van der Waals surface area contributed by atoms with Gasteiger partial charge in [0.2, 0.25) is 0 Å². The number of likely N-dealkylation sites (tertiary alicyclic amines) is 1. The molecule has 28 heavy (non-hydrogen) atoms. The van der Waals surface area contributed by atoms with Crippen LogP contribution in [0.5, 0.6) is 0 Å². The standard InChI is InChI=1S/C22H19Cl4NO/c1-2-7-27-12-16(8-14-3-5-18(23)10-20(14)25)22(28)17(13-27)9-15-4-6-19(24)11-21(15)26/h3-6,8-11H,2,7,12-13H2,1H3. The van der Waals surface area contributed by atoms with Crippen molar-refractivity contribution >= 4 is 64.3 Å². The van der Waals surface area contributed by atoms with Gasteiger partial charge < -0.3 is 0 Å². The predicted octanol–water partition coefficient (Wildman–Crippen LogP) is 7.06. The van der Waals surface area contributed by atoms with E-state index in [1.165, 1.54) is 0 Å². The highest BCUT2D eigenvalue weighted by atomic mass is 35.5. The van der Waals surface area contributed by atoms with E-state index in [0.717, 1.165) is 24.1 Å². The summed E-state index contributed by atoms with van der Waals surface area (Å²) in [7, 11) is 0. The van der Waals surface area contributed by atoms with Crippen molar-refractivity contribution < 1.29 is 4.79 Å². The number of rotatable bonds is 4. The normalized spacial score (nSPS) is 18.2. The molecule has 0 radical (unpaired) electrons. The van der Waals surface area contributed by atoms with Crippen LogP contribution in [0.2, 0.25) is 20.1 Å². The number of carbonyl (C=O) groups excluding carboxylic acids is 1. The summed E-state index contributed by atoms with van der Waals surface area (Å²) in [6, 6.07) is 10.5. The molecule has 0 aromatic heterocycles. The molecule has 3 rings (SSSR count). The third-order valence-corrected chi connectivity index (χ3v) is 5.62. The topological polar surface area (TPSA) is 20.3 Å². The Hall–Kier alpha value is -1.29. The fourth-order valence-corrected chi connectivity index (χ4v) is 4.12. The quantitative estimate of drug-likeness (QED) is 0.460. The lowest BCUT2D eigenvalue weighted by molar-refractivity contribution is -0.113. The lowest BCUT2D eigenvalue weighted by Crippen LogP contribution is -2.38. The highest BCUT2D eigenvalue weighted by Crippen LogP contribution is 2.28. The van der Waals surface area contributed by atoms with Gasteiger partial charge in [0, 0.05) is 44.3 Å². The molecule has 0 N–H and O–H groups in total. The highest BCUT2D eigenvalue weighted by Gasteiger charge is 2.26. The van der Waals surface area contributed by atoms with Crippen LogP contribution < -0.4 is 0 Å². The Morgan fingerprint density at radius 3 is 1.71 bits per heavy atom. The van der Waals surface area contributed by atoms with Crippen molar-refractivity contribution in [1.82, 2.24) is 4.90 Å². The Kier molecular flexibility index (Phi) is 7.25. The summed E-state index contributed by atoms with van der Waals surface area (Å²) in [5.41, 5.74) is 2.94. The Bertz CT molecular complexity index is 892. The van der Waals surface area contributed by atoms with Gasteiger partial charge in [-0.2, -0.15) is 0 Å². The van der Waals surface area contributed by atoms with E-state index in [9.17, 15) is 4.79 Å². The van der Waals surface area contributed by atoms with Gasteiger partial charge in [0.05, 0.1) is 0 Å². The van der Waals surface area contributed by atoms with E-state index in [0.29, 0.717) is 44.3 Å². The largest absolute Gasteiger partial charge is 0.295 e. The Balaban J connectivity index is 2.00. The van der Waals surface area contributed by atoms with Crippen molar-refractivity contribution in [3.63, 3.8) is 0 Å². The van der Waals surface area contributed by atoms with Gasteiger partial charge in [0.25, 0.3) is 0 Å². The first kappa shape index (κ1) is 21.4. The van der Waals surface area contributed by atoms with Crippen LogP contribution in [0, 0.1) is 0 Å². The lowest BCUT2D eigenvalue weighted by Gasteiger charge is -2.29. The van der Waals surface area contributed by atoms with Crippen molar-refractivity contribution in [3.05, 3.63) is 78.8 Å². The number of piperidine rings is 1. The molecule has 0 unspecified atom stereocenters. The number of carbonyl (C=O) groups is 1. The van der Waals surface area contributed by atoms with Crippen molar-refractivity contribution in [1.29, 1.82) is 0 Å². The fraction of sp³-hybridized carbons (Fsp3) is 0.227. The third kappa shape index (κ3) is 5.20. The molecule has 2 aromatic rings. The van der Waals surface area contributed by atoms with Gasteiger partial charge in [-0.15, -0.1) is 0 Å². The zero-order valence-corrected chi connectivity index (χ0v) is 18.3. The number of nitrogens with zero attached hydrogens (tertiary/aromatic N) is 1. The molecular formula is C22H19Cl4NO. The van der Waals surface area contributed by atoms with E-state index >= 15 is 0 Å². The summed E-state index contributed by atoms with van der Waals surface area (Å²) >= 11 is 24.6. The van der Waals surface area contributed by atoms with E-state index in [2.05, 4.69) is 11.8 Å². The van der Waals surface area contributed by atoms with Crippen LogP contribution >= 0.6 is 46.4 Å². The minimum Gasteiger partial charge on any atom is -0.295 e. The second kappa shape index (κ2) is 9.47. The minimum atomic E-state index is 0.00406. The van der Waals surface area contributed by atoms with E-state index in [1.54, 1.807) is 24.3 Å². The number of hydrogen-bond donors (Lipinski definition) is 0. The zero-order chi connectivity index (χ0) is 20.3. The first-order valence-electron chi connectivity index (χ1n) is 8.95. The maximum atomic E-state index is 13.1. The van der Waals surface area contributed by atoms with Crippen LogP contribution in [0.4, 0.5) is 0 Å². The van der Waals surface area contributed by atoms with Gasteiger partial charge in [-0.05, 0) is 60.5 Å². The van der Waals surface area contributed by atoms with Crippen LogP contribution in [-0.2, 0) is 4.79 Å². The summed E-state index contributed by atoms with van der Waals surface area (Å²) in [5.74, 6) is 0.00406. The smallest absolute Gasteiger partial charge is 0.187 e. The number of hydrogen-bond acceptors (Lipinski definition) is 2. The van der Waals surface area contributed by atoms with Gasteiger partial charge in [-0.1, -0.05) is 65.5 Å². The van der Waals surface area contributed by atoms with E-state index < -0.39 is 0 Å². The first-order valence-corrected chi connectivity index (χ1v) is 10.5. The molecule has 0 atom stereocenters. The highest BCUT2D eigenvalue weighted by molar-refractivity contribution is 6.36. The fourth-order valence-electron chi connectivity index (χ4n) is 3.20. The van der Waals surface area contributed by atoms with Gasteiger partial charge in [0.15, 0.2) is 5.78 Å². The van der Waals surface area contributed by atoms with Gasteiger partial charge in [0.1, 0.15) is 0 Å². The van der Waals surface area contributed by atoms with Crippen LogP contribution in [0.15, 0.2) is 47.5 Å². The molecule has 1 heterocycles. The van der Waals surface area contributed by atoms with E-state index in [1.807, 2.05) is 24.3 Å². The van der Waals surface area contributed by atoms with E-state index in [-0.39, 0.29) is 5.78 Å². The Labute approximate surface area is 185 Å². The summed E-state index contributed by atoms with van der Waals surface area (Å²) in [5, 5.41) is 2.17. The van der Waals surface area contributed by atoms with Gasteiger partial charge >= 0.3 is 0 Å². The zero-order valence-electron chi connectivity index (χ0n) is 15.3. The summed E-state index contributed by atoms with van der Waals surface area (Å²) < 4.78 is 0. The summed E-state index contributed by atoms with van der Waals surface area (Å²) in [6.45, 7) is 4.18. The molecule has 1 aliphatic rings. The molecule has 0 spiro atoms. The van der Waals surface area contributed by atoms with Crippen LogP contribution in [0.3, 0.4) is 0 Å². The van der Waals surface area contributed by atoms with Crippen molar-refractivity contribution in [3.8, 4) is 0 Å². The Morgan fingerprint density at radius 2 is 1.32 bits per heavy atom. The molecule has 2 aromatic carbocycles. The summed E-state index contributed by atoms with van der Waals surface area (Å²) in [4.78, 5) is 15.4. The maximum Gasteiger partial charge on any atom is 0.187 e. The third-order valence-electron chi connectivity index (χ3n) is 4.50. The maximum absolute atomic E-state index is 13.1. The van der Waals surface area contributed by atoms with E-state index in [4.69, 9.17) is 46.4 Å². The Morgan fingerprint density at radius 1 is 0.857 bits per heavy atom. The minimum absolute atomic E-state index is 0.00406. The molecule has 1 aliphatic heterocycles. The average Bonchev–Trinajstić information content (AvgIpc) is 2.63. The second-order valence-corrected chi connectivity index (χ2v) is 8.40. The number of benzene rings is 2. The SMILES string of the molecule is CCCN1CC(=Cc2ccc(Cl)cc2Cl)C(=O)C(=Cc2ccc(Cl)cc2Cl)C1. The van der Waals surface area contributed by atoms with Gasteiger partial charge in [-0.25, -0.2) is 0 Å². The van der Waals surface area contributed by atoms with Crippen molar-refractivity contribution in [2.75, 3.05) is 19.6 Å². The monoisotopic (exact) mass is 453 g/mol. The molecule has 0 bridgehead atoms. The molecule has 0 saturated carbocycles. The number of halogens is 4. The molecule has 0 amide bonds. The molecule has 6 heteroatoms. The second-order valence-electron chi connectivity index (χ2n) is 6.71. The van der Waals surface area contributed by atoms with Crippen LogP contribution in [-0.4, -0.2) is 30.3 Å². The number of ketones is 1. The average molecular weight is 455 g/mol. The summed E-state index contributed by atoms with van der Waals surface area (Å²) in [6.07, 6.45) is 4.69. The van der Waals surface area contributed by atoms with Crippen LogP contribution in [0.25, 0.3) is 12.2 Å². The number of Topliss-reactive ketones (excluding diaryl/α,β-unsaturated/α-hetero) is 1. The lowest BCUT2D eigenvalue weighted by atomic mass is 9.94. The molecule has 1 fully saturated rings. The molecular weight excluding hydrogens is 436 g/mol. The molecule has 0 aliphatic carbocycles. The van der Waals surface area contributed by atoms with Gasteiger partial charge in [-0.3, -0.25) is 9.69 Å². The molecule has 146 valence electrons. The van der Waals surface area contributed by atoms with Crippen LogP contribution in [0.1, 0.15) is 24.5 Å². The van der Waals surface area contributed by atoms with Crippen molar-refractivity contribution in [2.24, 2.45) is 0 Å². The van der Waals surface area contributed by atoms with Crippen molar-refractivity contribution in [2.45, 2.75) is 13.3 Å².